The molecule has 1 unspecified atom stereocenters. The van der Waals surface area contributed by atoms with Gasteiger partial charge in [0.15, 0.2) is 5.82 Å². The zero-order valence-electron chi connectivity index (χ0n) is 17.3. The number of aromatic nitrogens is 5. The Labute approximate surface area is 185 Å². The second-order valence-corrected chi connectivity index (χ2v) is 7.84. The van der Waals surface area contributed by atoms with Crippen molar-refractivity contribution >= 4 is 6.09 Å². The number of hydrogen-bond acceptors (Lipinski definition) is 5. The first-order valence-electron chi connectivity index (χ1n) is 10.5. The van der Waals surface area contributed by atoms with Crippen molar-refractivity contribution in [2.24, 2.45) is 0 Å². The minimum Gasteiger partial charge on any atom is -0.465 e. The Kier molecular flexibility index (Phi) is 5.33. The number of pyridine rings is 1. The van der Waals surface area contributed by atoms with Crippen LogP contribution in [0.25, 0.3) is 22.8 Å². The van der Waals surface area contributed by atoms with Gasteiger partial charge in [0, 0.05) is 41.5 Å². The third-order valence-corrected chi connectivity index (χ3v) is 5.58. The van der Waals surface area contributed by atoms with E-state index in [4.69, 9.17) is 15.1 Å². The summed E-state index contributed by atoms with van der Waals surface area (Å²) in [5.74, 6) is 0.658. The van der Waals surface area contributed by atoms with Crippen LogP contribution in [0.1, 0.15) is 23.2 Å². The van der Waals surface area contributed by atoms with Crippen molar-refractivity contribution in [3.8, 4) is 22.8 Å². The summed E-state index contributed by atoms with van der Waals surface area (Å²) < 4.78 is 1.86. The van der Waals surface area contributed by atoms with E-state index in [-0.39, 0.29) is 6.04 Å². The van der Waals surface area contributed by atoms with Gasteiger partial charge in [-0.15, -0.1) is 0 Å². The van der Waals surface area contributed by atoms with Gasteiger partial charge in [0.1, 0.15) is 5.69 Å². The molecule has 3 aromatic heterocycles. The topological polar surface area (TPSA) is 106 Å². The maximum atomic E-state index is 11.2. The summed E-state index contributed by atoms with van der Waals surface area (Å²) in [5.41, 5.74) is 5.43. The Morgan fingerprint density at radius 2 is 2.00 bits per heavy atom. The molecule has 1 aliphatic carbocycles. The van der Waals surface area contributed by atoms with Gasteiger partial charge in [-0.1, -0.05) is 36.4 Å². The van der Waals surface area contributed by atoms with Gasteiger partial charge >= 0.3 is 6.09 Å². The van der Waals surface area contributed by atoms with E-state index in [0.717, 1.165) is 33.8 Å². The molecule has 0 saturated heterocycles. The highest BCUT2D eigenvalue weighted by molar-refractivity contribution is 5.67. The molecule has 0 saturated carbocycles. The molecule has 0 bridgehead atoms. The van der Waals surface area contributed by atoms with Crippen LogP contribution in [-0.4, -0.2) is 42.0 Å². The SMILES string of the molecule is O=C(O)NC1CCc2nc(-c3ccccc3)nc(-c3ccn(Cc4cccnc4)n3)c2C1. The van der Waals surface area contributed by atoms with Gasteiger partial charge in [-0.3, -0.25) is 9.67 Å². The first kappa shape index (κ1) is 19.9. The standard InChI is InChI=1S/C24H22N6O2/c31-24(32)26-18-8-9-20-19(13-18)22(28-23(27-20)17-6-2-1-3-7-17)21-10-12-30(29-21)15-16-5-4-11-25-14-16/h1-7,10-12,14,18,26H,8-9,13,15H2,(H,31,32). The Balaban J connectivity index is 1.55. The lowest BCUT2D eigenvalue weighted by molar-refractivity contribution is 0.188. The summed E-state index contributed by atoms with van der Waals surface area (Å²) in [4.78, 5) is 25.1. The molecule has 2 N–H and O–H groups in total. The number of nitrogens with one attached hydrogen (secondary N) is 1. The van der Waals surface area contributed by atoms with Gasteiger partial charge in [-0.05, 0) is 37.0 Å². The van der Waals surface area contributed by atoms with Crippen LogP contribution in [0.2, 0.25) is 0 Å². The zero-order chi connectivity index (χ0) is 21.9. The van der Waals surface area contributed by atoms with Crippen LogP contribution >= 0.6 is 0 Å². The molecule has 5 rings (SSSR count). The second-order valence-electron chi connectivity index (χ2n) is 7.84. The molecule has 3 heterocycles. The third kappa shape index (κ3) is 4.20. The summed E-state index contributed by atoms with van der Waals surface area (Å²) in [7, 11) is 0. The minimum absolute atomic E-state index is 0.164. The fraction of sp³-hybridized carbons (Fsp3) is 0.208. The first-order valence-corrected chi connectivity index (χ1v) is 10.5. The number of hydrogen-bond donors (Lipinski definition) is 2. The normalized spacial score (nSPS) is 15.2. The lowest BCUT2D eigenvalue weighted by atomic mass is 9.89. The summed E-state index contributed by atoms with van der Waals surface area (Å²) in [5, 5.41) is 16.6. The number of rotatable bonds is 5. The molecule has 1 atom stereocenters. The molecular weight excluding hydrogens is 404 g/mol. The number of carbonyl (C=O) groups is 1. The molecule has 8 heteroatoms. The zero-order valence-corrected chi connectivity index (χ0v) is 17.3. The van der Waals surface area contributed by atoms with Crippen LogP contribution < -0.4 is 5.32 Å². The fourth-order valence-electron chi connectivity index (χ4n) is 4.09. The average molecular weight is 426 g/mol. The Morgan fingerprint density at radius 3 is 2.78 bits per heavy atom. The molecule has 4 aromatic rings. The van der Waals surface area contributed by atoms with Gasteiger partial charge in [-0.2, -0.15) is 5.10 Å². The fourth-order valence-corrected chi connectivity index (χ4v) is 4.09. The molecule has 1 amide bonds. The van der Waals surface area contributed by atoms with Gasteiger partial charge in [0.05, 0.1) is 12.2 Å². The summed E-state index contributed by atoms with van der Waals surface area (Å²) in [6.07, 6.45) is 6.42. The van der Waals surface area contributed by atoms with Crippen LogP contribution in [0.4, 0.5) is 4.79 Å². The van der Waals surface area contributed by atoms with E-state index in [0.29, 0.717) is 31.6 Å². The molecule has 0 spiro atoms. The maximum absolute atomic E-state index is 11.2. The predicted molar refractivity (Wildman–Crippen MR) is 119 cm³/mol. The van der Waals surface area contributed by atoms with Crippen LogP contribution in [-0.2, 0) is 19.4 Å². The molecule has 0 radical (unpaired) electrons. The summed E-state index contributed by atoms with van der Waals surface area (Å²) >= 11 is 0. The number of amides is 1. The van der Waals surface area contributed by atoms with Crippen LogP contribution in [0.3, 0.4) is 0 Å². The quantitative estimate of drug-likeness (QED) is 0.505. The van der Waals surface area contributed by atoms with E-state index < -0.39 is 6.09 Å². The molecular formula is C24H22N6O2. The molecule has 1 aliphatic rings. The van der Waals surface area contributed by atoms with E-state index in [1.165, 1.54) is 0 Å². The molecule has 0 aliphatic heterocycles. The van der Waals surface area contributed by atoms with Crippen molar-refractivity contribution in [2.45, 2.75) is 31.8 Å². The van der Waals surface area contributed by atoms with Crippen LogP contribution in [0.15, 0.2) is 67.1 Å². The Hall–Kier alpha value is -4.07. The smallest absolute Gasteiger partial charge is 0.404 e. The van der Waals surface area contributed by atoms with Crippen molar-refractivity contribution < 1.29 is 9.90 Å². The Bertz CT molecular complexity index is 1240. The van der Waals surface area contributed by atoms with E-state index in [2.05, 4.69) is 10.3 Å². The van der Waals surface area contributed by atoms with Gasteiger partial charge < -0.3 is 10.4 Å². The van der Waals surface area contributed by atoms with E-state index in [1.54, 1.807) is 6.20 Å². The Morgan fingerprint density at radius 1 is 1.12 bits per heavy atom. The monoisotopic (exact) mass is 426 g/mol. The number of benzene rings is 1. The van der Waals surface area contributed by atoms with Crippen LogP contribution in [0, 0.1) is 0 Å². The lowest BCUT2D eigenvalue weighted by Crippen LogP contribution is -2.38. The first-order chi connectivity index (χ1) is 15.7. The highest BCUT2D eigenvalue weighted by Gasteiger charge is 2.26. The highest BCUT2D eigenvalue weighted by atomic mass is 16.4. The third-order valence-electron chi connectivity index (χ3n) is 5.58. The van der Waals surface area contributed by atoms with Crippen molar-refractivity contribution in [1.82, 2.24) is 30.0 Å². The minimum atomic E-state index is -1.01. The predicted octanol–water partition coefficient (Wildman–Crippen LogP) is 3.58. The molecule has 8 nitrogen and oxygen atoms in total. The van der Waals surface area contributed by atoms with Gasteiger partial charge in [-0.25, -0.2) is 14.8 Å². The summed E-state index contributed by atoms with van der Waals surface area (Å²) in [6.45, 7) is 0.607. The lowest BCUT2D eigenvalue weighted by Gasteiger charge is -2.25. The maximum Gasteiger partial charge on any atom is 0.404 e. The second kappa shape index (κ2) is 8.58. The van der Waals surface area contributed by atoms with Crippen molar-refractivity contribution in [2.75, 3.05) is 0 Å². The van der Waals surface area contributed by atoms with Gasteiger partial charge in [0.2, 0.25) is 0 Å². The molecule has 160 valence electrons. The molecule has 0 fully saturated rings. The van der Waals surface area contributed by atoms with Crippen molar-refractivity contribution in [3.63, 3.8) is 0 Å². The highest BCUT2D eigenvalue weighted by Crippen LogP contribution is 2.31. The number of aryl methyl sites for hydroxylation is 1. The molecule has 32 heavy (non-hydrogen) atoms. The average Bonchev–Trinajstić information content (AvgIpc) is 3.27. The number of nitrogens with zero attached hydrogens (tertiary/aromatic N) is 5. The number of fused-ring (bicyclic) bond motifs is 1. The van der Waals surface area contributed by atoms with Crippen molar-refractivity contribution in [3.05, 3.63) is 83.9 Å². The largest absolute Gasteiger partial charge is 0.465 e. The summed E-state index contributed by atoms with van der Waals surface area (Å²) in [6, 6.07) is 15.6. The van der Waals surface area contributed by atoms with Gasteiger partial charge in [0.25, 0.3) is 0 Å². The molecule has 1 aromatic carbocycles. The van der Waals surface area contributed by atoms with E-state index in [1.807, 2.05) is 65.6 Å². The van der Waals surface area contributed by atoms with E-state index in [9.17, 15) is 9.90 Å². The number of carboxylic acid groups (broad SMARTS) is 1. The van der Waals surface area contributed by atoms with E-state index >= 15 is 0 Å². The van der Waals surface area contributed by atoms with Crippen molar-refractivity contribution in [1.29, 1.82) is 0 Å². The van der Waals surface area contributed by atoms with Crippen LogP contribution in [0.5, 0.6) is 0 Å².